The Morgan fingerprint density at radius 3 is 2.77 bits per heavy atom. The monoisotopic (exact) mass is 306 g/mol. The van der Waals surface area contributed by atoms with Crippen LogP contribution in [0.3, 0.4) is 0 Å². The largest absolute Gasteiger partial charge is 0.299 e. The van der Waals surface area contributed by atoms with Crippen molar-refractivity contribution in [1.29, 1.82) is 0 Å². The Hall–Kier alpha value is 0.630. The molecule has 0 spiro atoms. The van der Waals surface area contributed by atoms with Crippen molar-refractivity contribution in [3.05, 3.63) is 0 Å². The average Bonchev–Trinajstić information content (AvgIpc) is 2.65. The van der Waals surface area contributed by atoms with Crippen molar-refractivity contribution in [1.82, 2.24) is 0 Å². The van der Waals surface area contributed by atoms with Gasteiger partial charge in [0.05, 0.1) is 0 Å². The topological polar surface area (TPSA) is 17.1 Å². The van der Waals surface area contributed by atoms with Gasteiger partial charge in [0.25, 0.3) is 0 Å². The highest BCUT2D eigenvalue weighted by atomic mass is 79.9. The molecule has 3 aliphatic rings. The molecule has 6 atom stereocenters. The molecule has 0 aliphatic heterocycles. The lowest BCUT2D eigenvalue weighted by Gasteiger charge is -2.25. The molecular weight excluding hydrogens is 296 g/mol. The van der Waals surface area contributed by atoms with E-state index in [-0.39, 0.29) is 0 Å². The number of rotatable bonds is 0. The quantitative estimate of drug-likeness (QED) is 0.629. The van der Waals surface area contributed by atoms with Crippen molar-refractivity contribution < 1.29 is 4.79 Å². The van der Waals surface area contributed by atoms with Crippen molar-refractivity contribution in [3.63, 3.8) is 0 Å². The number of alkyl halides is 2. The normalized spacial score (nSPS) is 58.8. The molecule has 0 N–H and O–H groups in total. The molecule has 3 heteroatoms. The molecule has 3 rings (SSSR count). The molecule has 2 bridgehead atoms. The van der Waals surface area contributed by atoms with Crippen LogP contribution in [-0.2, 0) is 4.79 Å². The number of fused-ring (bicyclic) bond motifs is 5. The summed E-state index contributed by atoms with van der Waals surface area (Å²) in [6.07, 6.45) is 3.26. The first-order valence-electron chi connectivity index (χ1n) is 4.99. The van der Waals surface area contributed by atoms with Crippen LogP contribution in [-0.4, -0.2) is 15.4 Å². The van der Waals surface area contributed by atoms with Gasteiger partial charge in [-0.3, -0.25) is 4.79 Å². The Bertz CT molecular complexity index is 266. The fraction of sp³-hybridized carbons (Fsp3) is 0.900. The molecular formula is C10H12Br2O. The van der Waals surface area contributed by atoms with Gasteiger partial charge in [-0.15, -0.1) is 0 Å². The molecule has 0 aromatic carbocycles. The highest BCUT2D eigenvalue weighted by Crippen LogP contribution is 2.60. The molecule has 0 saturated heterocycles. The summed E-state index contributed by atoms with van der Waals surface area (Å²) in [5.41, 5.74) is 0. The molecule has 0 radical (unpaired) electrons. The van der Waals surface area contributed by atoms with Gasteiger partial charge < -0.3 is 0 Å². The van der Waals surface area contributed by atoms with E-state index in [1.807, 2.05) is 0 Å². The summed E-state index contributed by atoms with van der Waals surface area (Å²) in [5, 5.41) is 0. The molecule has 0 unspecified atom stereocenters. The second kappa shape index (κ2) is 2.82. The van der Waals surface area contributed by atoms with Crippen LogP contribution in [0.2, 0.25) is 0 Å². The van der Waals surface area contributed by atoms with Gasteiger partial charge in [-0.05, 0) is 30.6 Å². The van der Waals surface area contributed by atoms with E-state index in [9.17, 15) is 4.79 Å². The van der Waals surface area contributed by atoms with E-state index in [0.29, 0.717) is 33.2 Å². The maximum atomic E-state index is 11.6. The third-order valence-electron chi connectivity index (χ3n) is 4.20. The Kier molecular flexibility index (Phi) is 1.93. The van der Waals surface area contributed by atoms with Gasteiger partial charge in [0.1, 0.15) is 5.78 Å². The van der Waals surface area contributed by atoms with E-state index in [1.54, 1.807) is 0 Å². The molecule has 3 saturated carbocycles. The van der Waals surface area contributed by atoms with Crippen molar-refractivity contribution in [2.45, 2.75) is 28.9 Å². The number of halogens is 2. The van der Waals surface area contributed by atoms with Crippen LogP contribution in [0.4, 0.5) is 0 Å². The lowest BCUT2D eigenvalue weighted by molar-refractivity contribution is -0.123. The third kappa shape index (κ3) is 1.06. The van der Waals surface area contributed by atoms with Crippen LogP contribution in [0.25, 0.3) is 0 Å². The Balaban J connectivity index is 1.93. The SMILES string of the molecule is O=C1C[C@H]2C[C@@H]1[C@H]1C[C@@H](Br)[C@@H](Br)[C@H]21. The number of carbonyl (C=O) groups is 1. The second-order valence-corrected chi connectivity index (χ2v) is 6.94. The van der Waals surface area contributed by atoms with Gasteiger partial charge in [0.15, 0.2) is 0 Å². The summed E-state index contributed by atoms with van der Waals surface area (Å²) in [7, 11) is 0. The van der Waals surface area contributed by atoms with Gasteiger partial charge in [-0.25, -0.2) is 0 Å². The fourth-order valence-corrected chi connectivity index (χ4v) is 5.55. The molecule has 13 heavy (non-hydrogen) atoms. The van der Waals surface area contributed by atoms with Crippen LogP contribution >= 0.6 is 31.9 Å². The van der Waals surface area contributed by atoms with E-state index in [4.69, 9.17) is 0 Å². The number of ketones is 1. The van der Waals surface area contributed by atoms with Gasteiger partial charge in [0, 0.05) is 22.0 Å². The number of carbonyl (C=O) groups excluding carboxylic acids is 1. The number of hydrogen-bond donors (Lipinski definition) is 0. The zero-order valence-electron chi connectivity index (χ0n) is 7.25. The summed E-state index contributed by atoms with van der Waals surface area (Å²) in [5.74, 6) is 3.16. The van der Waals surface area contributed by atoms with E-state index < -0.39 is 0 Å². The lowest BCUT2D eigenvalue weighted by atomic mass is 9.81. The first kappa shape index (κ1) is 8.90. The van der Waals surface area contributed by atoms with Crippen LogP contribution in [0.5, 0.6) is 0 Å². The maximum Gasteiger partial charge on any atom is 0.136 e. The highest BCUT2D eigenvalue weighted by Gasteiger charge is 2.58. The van der Waals surface area contributed by atoms with Crippen molar-refractivity contribution in [2.75, 3.05) is 0 Å². The maximum absolute atomic E-state index is 11.6. The number of hydrogen-bond acceptors (Lipinski definition) is 1. The Morgan fingerprint density at radius 1 is 1.23 bits per heavy atom. The first-order chi connectivity index (χ1) is 6.18. The Labute approximate surface area is 94.9 Å². The molecule has 3 aliphatic carbocycles. The second-order valence-electron chi connectivity index (χ2n) is 4.71. The molecule has 0 aromatic heterocycles. The Morgan fingerprint density at radius 2 is 2.00 bits per heavy atom. The molecule has 1 nitrogen and oxygen atoms in total. The highest BCUT2D eigenvalue weighted by molar-refractivity contribution is 9.12. The van der Waals surface area contributed by atoms with E-state index >= 15 is 0 Å². The average molecular weight is 308 g/mol. The minimum atomic E-state index is 0.428. The van der Waals surface area contributed by atoms with E-state index in [1.165, 1.54) is 12.8 Å². The molecule has 3 fully saturated rings. The van der Waals surface area contributed by atoms with Crippen LogP contribution in [0, 0.1) is 23.7 Å². The minimum Gasteiger partial charge on any atom is -0.299 e. The summed E-state index contributed by atoms with van der Waals surface area (Å²) in [6, 6.07) is 0. The summed E-state index contributed by atoms with van der Waals surface area (Å²) < 4.78 is 0. The smallest absolute Gasteiger partial charge is 0.136 e. The third-order valence-corrected chi connectivity index (χ3v) is 7.10. The first-order valence-corrected chi connectivity index (χ1v) is 6.82. The zero-order chi connectivity index (χ0) is 9.16. The summed E-state index contributed by atoms with van der Waals surface area (Å²) in [6.45, 7) is 0. The van der Waals surface area contributed by atoms with E-state index in [2.05, 4.69) is 31.9 Å². The fourth-order valence-electron chi connectivity index (χ4n) is 3.72. The predicted octanol–water partition coefficient (Wildman–Crippen LogP) is 2.76. The molecule has 0 heterocycles. The van der Waals surface area contributed by atoms with Crippen LogP contribution < -0.4 is 0 Å². The van der Waals surface area contributed by atoms with Crippen molar-refractivity contribution in [2.24, 2.45) is 23.7 Å². The predicted molar refractivity (Wildman–Crippen MR) is 58.2 cm³/mol. The molecule has 0 amide bonds. The standard InChI is InChI=1S/C10H12Br2O/c11-7-3-6-5-1-4(2-8(5)13)9(6)10(7)12/h4-7,9-10H,1-3H2/t4-,5-,6-,7-,9-,10-/m1/s1. The van der Waals surface area contributed by atoms with Gasteiger partial charge in [0.2, 0.25) is 0 Å². The van der Waals surface area contributed by atoms with E-state index in [0.717, 1.165) is 12.3 Å². The van der Waals surface area contributed by atoms with Gasteiger partial charge in [-0.1, -0.05) is 31.9 Å². The van der Waals surface area contributed by atoms with Crippen LogP contribution in [0.1, 0.15) is 19.3 Å². The lowest BCUT2D eigenvalue weighted by Crippen LogP contribution is -2.27. The minimum absolute atomic E-state index is 0.428. The van der Waals surface area contributed by atoms with Gasteiger partial charge >= 0.3 is 0 Å². The van der Waals surface area contributed by atoms with Gasteiger partial charge in [-0.2, -0.15) is 0 Å². The van der Waals surface area contributed by atoms with Crippen molar-refractivity contribution >= 4 is 37.6 Å². The summed E-state index contributed by atoms with van der Waals surface area (Å²) in [4.78, 5) is 12.8. The molecule has 0 aromatic rings. The van der Waals surface area contributed by atoms with Crippen LogP contribution in [0.15, 0.2) is 0 Å². The zero-order valence-corrected chi connectivity index (χ0v) is 10.4. The molecule has 72 valence electrons. The number of Topliss-reactive ketones (excluding diaryl/α,β-unsaturated/α-hetero) is 1. The van der Waals surface area contributed by atoms with Crippen molar-refractivity contribution in [3.8, 4) is 0 Å². The summed E-state index contributed by atoms with van der Waals surface area (Å²) >= 11 is 7.48.